The smallest absolute Gasteiger partial charge is 0.178 e. The Morgan fingerprint density at radius 2 is 2.00 bits per heavy atom. The van der Waals surface area contributed by atoms with Crippen LogP contribution >= 0.6 is 0 Å². The molecule has 0 amide bonds. The van der Waals surface area contributed by atoms with E-state index < -0.39 is 0 Å². The monoisotopic (exact) mass is 241 g/mol. The van der Waals surface area contributed by atoms with Gasteiger partial charge < -0.3 is 5.73 Å². The van der Waals surface area contributed by atoms with Crippen molar-refractivity contribution in [2.75, 3.05) is 5.73 Å². The van der Waals surface area contributed by atoms with Crippen molar-refractivity contribution >= 4 is 5.69 Å². The maximum atomic E-state index is 5.61. The fraction of sp³-hybridized carbons (Fsp3) is 0.0909. The zero-order chi connectivity index (χ0) is 12.4. The minimum absolute atomic E-state index is 0.471. The average Bonchev–Trinajstić information content (AvgIpc) is 3.00. The minimum atomic E-state index is 0.471. The van der Waals surface area contributed by atoms with Gasteiger partial charge in [-0.2, -0.15) is 9.78 Å². The molecule has 7 nitrogen and oxygen atoms in total. The summed E-state index contributed by atoms with van der Waals surface area (Å²) in [4.78, 5) is 0. The SMILES string of the molecule is Nc1cnn(Cc2nnnn2-c2ccccc2)c1. The van der Waals surface area contributed by atoms with Crippen LogP contribution in [0.3, 0.4) is 0 Å². The molecular weight excluding hydrogens is 230 g/mol. The molecular formula is C11H11N7. The standard InChI is InChI=1S/C11H11N7/c12-9-6-13-17(7-9)8-11-14-15-16-18(11)10-4-2-1-3-5-10/h1-7H,8,12H2. The van der Waals surface area contributed by atoms with Crippen molar-refractivity contribution in [3.05, 3.63) is 48.5 Å². The zero-order valence-corrected chi connectivity index (χ0v) is 9.51. The van der Waals surface area contributed by atoms with E-state index in [9.17, 15) is 0 Å². The lowest BCUT2D eigenvalue weighted by atomic mass is 10.3. The summed E-state index contributed by atoms with van der Waals surface area (Å²) in [5.74, 6) is 0.698. The van der Waals surface area contributed by atoms with Gasteiger partial charge in [0.2, 0.25) is 0 Å². The first-order valence-electron chi connectivity index (χ1n) is 5.43. The molecule has 0 aliphatic rings. The van der Waals surface area contributed by atoms with Crippen LogP contribution in [0.5, 0.6) is 0 Å². The minimum Gasteiger partial charge on any atom is -0.396 e. The highest BCUT2D eigenvalue weighted by Crippen LogP contribution is 2.08. The summed E-state index contributed by atoms with van der Waals surface area (Å²) in [6, 6.07) is 9.70. The van der Waals surface area contributed by atoms with E-state index >= 15 is 0 Å². The van der Waals surface area contributed by atoms with Crippen molar-refractivity contribution in [1.29, 1.82) is 0 Å². The molecule has 0 aliphatic heterocycles. The van der Waals surface area contributed by atoms with Gasteiger partial charge in [0.1, 0.15) is 6.54 Å². The van der Waals surface area contributed by atoms with Crippen LogP contribution < -0.4 is 5.73 Å². The summed E-state index contributed by atoms with van der Waals surface area (Å²) in [5, 5.41) is 15.8. The molecule has 2 aromatic heterocycles. The summed E-state index contributed by atoms with van der Waals surface area (Å²) in [5.41, 5.74) is 7.15. The van der Waals surface area contributed by atoms with Gasteiger partial charge in [0.05, 0.1) is 17.6 Å². The van der Waals surface area contributed by atoms with Gasteiger partial charge in [-0.25, -0.2) is 0 Å². The van der Waals surface area contributed by atoms with Crippen LogP contribution in [0.4, 0.5) is 5.69 Å². The Morgan fingerprint density at radius 1 is 1.17 bits per heavy atom. The van der Waals surface area contributed by atoms with Crippen LogP contribution in [0.1, 0.15) is 5.82 Å². The molecule has 0 saturated heterocycles. The van der Waals surface area contributed by atoms with E-state index in [-0.39, 0.29) is 0 Å². The molecule has 7 heteroatoms. The van der Waals surface area contributed by atoms with Gasteiger partial charge in [0, 0.05) is 6.20 Å². The summed E-state index contributed by atoms with van der Waals surface area (Å²) < 4.78 is 3.37. The number of rotatable bonds is 3. The third-order valence-electron chi connectivity index (χ3n) is 2.49. The molecule has 0 atom stereocenters. The van der Waals surface area contributed by atoms with E-state index in [1.54, 1.807) is 21.8 Å². The normalized spacial score (nSPS) is 10.7. The molecule has 18 heavy (non-hydrogen) atoms. The Labute approximate surface area is 103 Å². The number of para-hydroxylation sites is 1. The molecule has 3 aromatic rings. The fourth-order valence-corrected chi connectivity index (χ4v) is 1.68. The van der Waals surface area contributed by atoms with Crippen molar-refractivity contribution in [2.45, 2.75) is 6.54 Å². The summed E-state index contributed by atoms with van der Waals surface area (Å²) in [7, 11) is 0. The number of anilines is 1. The highest BCUT2D eigenvalue weighted by Gasteiger charge is 2.08. The highest BCUT2D eigenvalue weighted by atomic mass is 15.5. The Morgan fingerprint density at radius 3 is 2.72 bits per heavy atom. The third-order valence-corrected chi connectivity index (χ3v) is 2.49. The third kappa shape index (κ3) is 1.93. The molecule has 0 bridgehead atoms. The van der Waals surface area contributed by atoms with Gasteiger partial charge in [-0.1, -0.05) is 18.2 Å². The lowest BCUT2D eigenvalue weighted by molar-refractivity contribution is 0.634. The largest absolute Gasteiger partial charge is 0.396 e. The number of benzene rings is 1. The number of nitrogen functional groups attached to an aromatic ring is 1. The fourth-order valence-electron chi connectivity index (χ4n) is 1.68. The molecule has 0 spiro atoms. The average molecular weight is 241 g/mol. The second-order valence-electron chi connectivity index (χ2n) is 3.81. The number of aromatic nitrogens is 6. The van der Waals surface area contributed by atoms with Crippen molar-refractivity contribution in [3.8, 4) is 5.69 Å². The molecule has 0 unspecified atom stereocenters. The van der Waals surface area contributed by atoms with Crippen LogP contribution in [-0.4, -0.2) is 30.0 Å². The molecule has 0 fully saturated rings. The van der Waals surface area contributed by atoms with Crippen LogP contribution in [0.15, 0.2) is 42.7 Å². The highest BCUT2D eigenvalue weighted by molar-refractivity contribution is 5.32. The van der Waals surface area contributed by atoms with E-state index in [2.05, 4.69) is 20.6 Å². The summed E-state index contributed by atoms with van der Waals surface area (Å²) >= 11 is 0. The summed E-state index contributed by atoms with van der Waals surface area (Å²) in [6.45, 7) is 0.471. The number of tetrazole rings is 1. The maximum Gasteiger partial charge on any atom is 0.178 e. The van der Waals surface area contributed by atoms with Crippen molar-refractivity contribution < 1.29 is 0 Å². The number of hydrogen-bond donors (Lipinski definition) is 1. The maximum absolute atomic E-state index is 5.61. The van der Waals surface area contributed by atoms with E-state index in [1.807, 2.05) is 30.3 Å². The van der Waals surface area contributed by atoms with Crippen molar-refractivity contribution in [2.24, 2.45) is 0 Å². The topological polar surface area (TPSA) is 87.4 Å². The molecule has 0 saturated carbocycles. The predicted molar refractivity (Wildman–Crippen MR) is 64.9 cm³/mol. The Hall–Kier alpha value is -2.70. The first kappa shape index (κ1) is 10.5. The molecule has 0 aliphatic carbocycles. The molecule has 3 rings (SSSR count). The van der Waals surface area contributed by atoms with Gasteiger partial charge in [0.15, 0.2) is 5.82 Å². The Balaban J connectivity index is 1.93. The molecule has 2 heterocycles. The van der Waals surface area contributed by atoms with E-state index in [0.717, 1.165) is 5.69 Å². The summed E-state index contributed by atoms with van der Waals surface area (Å²) in [6.07, 6.45) is 3.33. The van der Waals surface area contributed by atoms with Gasteiger partial charge in [0.25, 0.3) is 0 Å². The second-order valence-corrected chi connectivity index (χ2v) is 3.81. The molecule has 90 valence electrons. The van der Waals surface area contributed by atoms with E-state index in [4.69, 9.17) is 5.73 Å². The first-order chi connectivity index (χ1) is 8.83. The lowest BCUT2D eigenvalue weighted by Gasteiger charge is -2.04. The van der Waals surface area contributed by atoms with Gasteiger partial charge in [-0.15, -0.1) is 5.10 Å². The van der Waals surface area contributed by atoms with Gasteiger partial charge in [-0.3, -0.25) is 4.68 Å². The van der Waals surface area contributed by atoms with Crippen molar-refractivity contribution in [1.82, 2.24) is 30.0 Å². The van der Waals surface area contributed by atoms with Crippen LogP contribution in [0.2, 0.25) is 0 Å². The number of nitrogens with zero attached hydrogens (tertiary/aromatic N) is 6. The lowest BCUT2D eigenvalue weighted by Crippen LogP contribution is -2.08. The Kier molecular flexibility index (Phi) is 2.49. The molecule has 2 N–H and O–H groups in total. The van der Waals surface area contributed by atoms with Gasteiger partial charge in [-0.05, 0) is 22.6 Å². The van der Waals surface area contributed by atoms with Gasteiger partial charge >= 0.3 is 0 Å². The molecule has 0 radical (unpaired) electrons. The Bertz CT molecular complexity index is 640. The number of hydrogen-bond acceptors (Lipinski definition) is 5. The van der Waals surface area contributed by atoms with Crippen LogP contribution in [-0.2, 0) is 6.54 Å². The van der Waals surface area contributed by atoms with E-state index in [1.165, 1.54) is 0 Å². The van der Waals surface area contributed by atoms with Crippen LogP contribution in [0.25, 0.3) is 5.69 Å². The first-order valence-corrected chi connectivity index (χ1v) is 5.43. The predicted octanol–water partition coefficient (Wildman–Crippen LogP) is 0.489. The quantitative estimate of drug-likeness (QED) is 0.721. The second kappa shape index (κ2) is 4.28. The molecule has 1 aromatic carbocycles. The van der Waals surface area contributed by atoms with E-state index in [0.29, 0.717) is 18.1 Å². The van der Waals surface area contributed by atoms with Crippen molar-refractivity contribution in [3.63, 3.8) is 0 Å². The zero-order valence-electron chi connectivity index (χ0n) is 9.51. The number of nitrogens with two attached hydrogens (primary N) is 1. The van der Waals surface area contributed by atoms with Crippen LogP contribution in [0, 0.1) is 0 Å².